The van der Waals surface area contributed by atoms with E-state index in [-0.39, 0.29) is 60.8 Å². The molecule has 1 saturated heterocycles. The predicted octanol–water partition coefficient (Wildman–Crippen LogP) is 1.69. The Morgan fingerprint density at radius 3 is 2.34 bits per heavy atom. The lowest BCUT2D eigenvalue weighted by molar-refractivity contribution is -0.144. The summed E-state index contributed by atoms with van der Waals surface area (Å²) in [4.78, 5) is 19.6. The van der Waals surface area contributed by atoms with Crippen molar-refractivity contribution in [2.24, 2.45) is 0 Å². The molecule has 2 aromatic rings. The van der Waals surface area contributed by atoms with E-state index in [0.29, 0.717) is 0 Å². The van der Waals surface area contributed by atoms with Gasteiger partial charge in [0.2, 0.25) is 5.82 Å². The molecule has 1 amide bonds. The number of hydrogen-bond acceptors (Lipinski definition) is 8. The number of rotatable bonds is 5. The third-order valence-corrected chi connectivity index (χ3v) is 6.22. The Kier molecular flexibility index (Phi) is 6.50. The van der Waals surface area contributed by atoms with Crippen LogP contribution in [0.5, 0.6) is 11.5 Å². The molecule has 1 aromatic carbocycles. The second-order valence-electron chi connectivity index (χ2n) is 6.74. The van der Waals surface area contributed by atoms with Gasteiger partial charge >= 0.3 is 22.5 Å². The molecule has 0 atom stereocenters. The summed E-state index contributed by atoms with van der Waals surface area (Å²) in [7, 11) is -1.59. The first kappa shape index (κ1) is 23.6. The number of carboxylic acid groups (broad SMARTS) is 1. The van der Waals surface area contributed by atoms with Gasteiger partial charge in [0.25, 0.3) is 0 Å². The Hall–Kier alpha value is -3.07. The lowest BCUT2D eigenvalue weighted by Crippen LogP contribution is -2.44. The van der Waals surface area contributed by atoms with Crippen LogP contribution in [0.1, 0.15) is 12.2 Å². The molecule has 176 valence electrons. The number of halogens is 3. The fourth-order valence-corrected chi connectivity index (χ4v) is 4.37. The summed E-state index contributed by atoms with van der Waals surface area (Å²) in [6, 6.07) is 2.76. The van der Waals surface area contributed by atoms with Crippen molar-refractivity contribution in [2.45, 2.75) is 12.6 Å². The molecule has 2 N–H and O–H groups in total. The lowest BCUT2D eigenvalue weighted by atomic mass is 10.2. The van der Waals surface area contributed by atoms with Gasteiger partial charge in [-0.1, -0.05) is 0 Å². The number of methoxy groups -OCH3 is 2. The quantitative estimate of drug-likeness (QED) is 0.657. The van der Waals surface area contributed by atoms with Gasteiger partial charge in [-0.05, 0) is 12.5 Å². The molecule has 32 heavy (non-hydrogen) atoms. The molecule has 1 aliphatic heterocycles. The molecule has 0 saturated carbocycles. The SMILES string of the molecule is COc1cc2nc(C(F)(F)F)nc(N3CCCN(S(=O)(=O)NC(=O)O)CC3)c2cc1OC. The number of anilines is 1. The van der Waals surface area contributed by atoms with Gasteiger partial charge < -0.3 is 19.5 Å². The number of fused-ring (bicyclic) bond motifs is 1. The summed E-state index contributed by atoms with van der Waals surface area (Å²) in [6.45, 7) is -0.0384. The monoisotopic (exact) mass is 479 g/mol. The minimum Gasteiger partial charge on any atom is -0.493 e. The topological polar surface area (TPSA) is 134 Å². The number of amides is 1. The van der Waals surface area contributed by atoms with E-state index in [2.05, 4.69) is 9.97 Å². The van der Waals surface area contributed by atoms with Gasteiger partial charge in [0.05, 0.1) is 19.7 Å². The summed E-state index contributed by atoms with van der Waals surface area (Å²) >= 11 is 0. The Bertz CT molecular complexity index is 1130. The van der Waals surface area contributed by atoms with Crippen LogP contribution in [0.15, 0.2) is 12.1 Å². The van der Waals surface area contributed by atoms with E-state index >= 15 is 0 Å². The first-order valence-electron chi connectivity index (χ1n) is 9.23. The fourth-order valence-electron chi connectivity index (χ4n) is 3.33. The van der Waals surface area contributed by atoms with Crippen molar-refractivity contribution >= 4 is 33.0 Å². The van der Waals surface area contributed by atoms with Crippen LogP contribution in [0.2, 0.25) is 0 Å². The number of nitrogens with zero attached hydrogens (tertiary/aromatic N) is 4. The average molecular weight is 479 g/mol. The summed E-state index contributed by atoms with van der Waals surface area (Å²) < 4.78 is 77.4. The van der Waals surface area contributed by atoms with Crippen molar-refractivity contribution in [3.8, 4) is 11.5 Å². The predicted molar refractivity (Wildman–Crippen MR) is 106 cm³/mol. The molecule has 1 aromatic heterocycles. The molecule has 0 bridgehead atoms. The maximum absolute atomic E-state index is 13.5. The number of carbonyl (C=O) groups is 1. The molecule has 1 aliphatic rings. The zero-order valence-corrected chi connectivity index (χ0v) is 17.8. The molecule has 0 aliphatic carbocycles. The van der Waals surface area contributed by atoms with E-state index in [1.807, 2.05) is 0 Å². The molecule has 3 rings (SSSR count). The maximum Gasteiger partial charge on any atom is 0.451 e. The van der Waals surface area contributed by atoms with Crippen LogP contribution < -0.4 is 19.1 Å². The molecule has 0 spiro atoms. The number of nitrogens with one attached hydrogen (secondary N) is 1. The average Bonchev–Trinajstić information content (AvgIpc) is 2.97. The van der Waals surface area contributed by atoms with Crippen molar-refractivity contribution in [2.75, 3.05) is 45.3 Å². The van der Waals surface area contributed by atoms with E-state index in [1.165, 1.54) is 36.0 Å². The zero-order chi connectivity index (χ0) is 23.7. The highest BCUT2D eigenvalue weighted by molar-refractivity contribution is 7.87. The summed E-state index contributed by atoms with van der Waals surface area (Å²) in [5.74, 6) is -0.956. The first-order valence-corrected chi connectivity index (χ1v) is 10.7. The largest absolute Gasteiger partial charge is 0.493 e. The van der Waals surface area contributed by atoms with Crippen molar-refractivity contribution < 1.29 is 41.0 Å². The summed E-state index contributed by atoms with van der Waals surface area (Å²) in [5.41, 5.74) is -0.0266. The first-order chi connectivity index (χ1) is 15.0. The molecule has 15 heteroatoms. The molecular weight excluding hydrogens is 459 g/mol. The Morgan fingerprint density at radius 2 is 1.75 bits per heavy atom. The van der Waals surface area contributed by atoms with Crippen LogP contribution in [-0.2, 0) is 16.4 Å². The van der Waals surface area contributed by atoms with Crippen LogP contribution in [0.25, 0.3) is 10.9 Å². The second kappa shape index (κ2) is 8.82. The number of aromatic nitrogens is 2. The van der Waals surface area contributed by atoms with Gasteiger partial charge in [0.15, 0.2) is 11.5 Å². The van der Waals surface area contributed by atoms with Crippen molar-refractivity contribution in [1.82, 2.24) is 19.0 Å². The standard InChI is InChI=1S/C17H20F3N5O6S/c1-30-12-8-10-11(9-13(12)31-2)21-15(17(18,19)20)22-14(10)24-4-3-5-25(7-6-24)32(28,29)23-16(26)27/h8-9,23H,3-7H2,1-2H3,(H,26,27). The van der Waals surface area contributed by atoms with Gasteiger partial charge in [-0.2, -0.15) is 25.9 Å². The normalized spacial score (nSPS) is 16.0. The third kappa shape index (κ3) is 4.88. The molecule has 0 radical (unpaired) electrons. The highest BCUT2D eigenvalue weighted by Crippen LogP contribution is 2.37. The van der Waals surface area contributed by atoms with Crippen LogP contribution in [0, 0.1) is 0 Å². The molecule has 11 nitrogen and oxygen atoms in total. The molecular formula is C17H20F3N5O6S. The van der Waals surface area contributed by atoms with Crippen LogP contribution in [-0.4, -0.2) is 74.3 Å². The Balaban J connectivity index is 2.05. The highest BCUT2D eigenvalue weighted by atomic mass is 32.2. The molecule has 0 unspecified atom stereocenters. The van der Waals surface area contributed by atoms with Gasteiger partial charge in [0.1, 0.15) is 5.82 Å². The number of hydrogen-bond donors (Lipinski definition) is 2. The Morgan fingerprint density at radius 1 is 1.09 bits per heavy atom. The van der Waals surface area contributed by atoms with Gasteiger partial charge in [-0.3, -0.25) is 0 Å². The lowest BCUT2D eigenvalue weighted by Gasteiger charge is -2.24. The number of ether oxygens (including phenoxy) is 2. The zero-order valence-electron chi connectivity index (χ0n) is 17.0. The van der Waals surface area contributed by atoms with Crippen molar-refractivity contribution in [3.05, 3.63) is 18.0 Å². The Labute approximate surface area is 180 Å². The third-order valence-electron chi connectivity index (χ3n) is 4.75. The fraction of sp³-hybridized carbons (Fsp3) is 0.471. The van der Waals surface area contributed by atoms with E-state index in [9.17, 15) is 26.4 Å². The van der Waals surface area contributed by atoms with Gasteiger partial charge in [-0.25, -0.2) is 19.5 Å². The second-order valence-corrected chi connectivity index (χ2v) is 8.42. The van der Waals surface area contributed by atoms with E-state index < -0.39 is 28.3 Å². The van der Waals surface area contributed by atoms with E-state index in [4.69, 9.17) is 14.6 Å². The summed E-state index contributed by atoms with van der Waals surface area (Å²) in [5, 5.41) is 8.98. The minimum absolute atomic E-state index is 0.0224. The van der Waals surface area contributed by atoms with E-state index in [0.717, 1.165) is 4.31 Å². The van der Waals surface area contributed by atoms with Gasteiger partial charge in [-0.15, -0.1) is 0 Å². The van der Waals surface area contributed by atoms with E-state index in [1.54, 1.807) is 0 Å². The summed E-state index contributed by atoms with van der Waals surface area (Å²) in [6.07, 6.45) is -6.33. The van der Waals surface area contributed by atoms with Crippen molar-refractivity contribution in [1.29, 1.82) is 0 Å². The van der Waals surface area contributed by atoms with Crippen LogP contribution in [0.4, 0.5) is 23.8 Å². The van der Waals surface area contributed by atoms with Crippen molar-refractivity contribution in [3.63, 3.8) is 0 Å². The minimum atomic E-state index is -4.82. The van der Waals surface area contributed by atoms with Gasteiger partial charge in [0, 0.05) is 37.6 Å². The number of alkyl halides is 3. The molecule has 2 heterocycles. The highest BCUT2D eigenvalue weighted by Gasteiger charge is 2.37. The number of benzene rings is 1. The molecule has 1 fully saturated rings. The smallest absolute Gasteiger partial charge is 0.451 e. The van der Waals surface area contributed by atoms with Crippen LogP contribution in [0.3, 0.4) is 0 Å². The maximum atomic E-state index is 13.5. The van der Waals surface area contributed by atoms with Crippen LogP contribution >= 0.6 is 0 Å².